The Morgan fingerprint density at radius 1 is 1.07 bits per heavy atom. The first-order valence-corrected chi connectivity index (χ1v) is 8.37. The van der Waals surface area contributed by atoms with Crippen LogP contribution in [0.3, 0.4) is 0 Å². The molecule has 3 rings (SSSR count). The summed E-state index contributed by atoms with van der Waals surface area (Å²) in [6.07, 6.45) is 0. The molecule has 0 amide bonds. The molecule has 28 heavy (non-hydrogen) atoms. The fourth-order valence-electron chi connectivity index (χ4n) is 2.40. The van der Waals surface area contributed by atoms with Gasteiger partial charge in [-0.25, -0.2) is 5.26 Å². The van der Waals surface area contributed by atoms with Crippen LogP contribution >= 0.6 is 12.0 Å². The van der Waals surface area contributed by atoms with Crippen LogP contribution in [0.4, 0.5) is 22.7 Å². The van der Waals surface area contributed by atoms with E-state index in [1.165, 1.54) is 0 Å². The van der Waals surface area contributed by atoms with E-state index in [0.29, 0.717) is 39.1 Å². The van der Waals surface area contributed by atoms with Crippen molar-refractivity contribution in [3.8, 4) is 5.75 Å². The Kier molecular flexibility index (Phi) is 8.43. The maximum absolute atomic E-state index is 12.8. The molecule has 0 bridgehead atoms. The first-order valence-electron chi connectivity index (χ1n) is 7.63. The summed E-state index contributed by atoms with van der Waals surface area (Å²) in [4.78, 5) is 0.320. The first kappa shape index (κ1) is 22.3. The number of anilines is 1. The Morgan fingerprint density at radius 2 is 1.79 bits per heavy atom. The monoisotopic (exact) mass is 472 g/mol. The molecule has 0 saturated heterocycles. The standard InChI is InChI=1S/C17H14N5O4S.Y/c1-19-13-6-7-14-10(8-13)9-15(27-26-25-24)16(17(14)23)22-21-12-4-2-11(20-18)3-5-12;/h2-9,19,23-24H,1H3;/q-1;/p-1. The van der Waals surface area contributed by atoms with Gasteiger partial charge in [0.15, 0.2) is 0 Å². The molecule has 0 heterocycles. The minimum Gasteiger partial charge on any atom is -0.871 e. The second-order valence-corrected chi connectivity index (χ2v) is 6.02. The van der Waals surface area contributed by atoms with Crippen molar-refractivity contribution in [2.24, 2.45) is 15.3 Å². The minimum absolute atomic E-state index is 0. The van der Waals surface area contributed by atoms with Crippen LogP contribution in [0.5, 0.6) is 5.75 Å². The third kappa shape index (κ3) is 5.10. The van der Waals surface area contributed by atoms with Crippen LogP contribution in [-0.2, 0) is 42.1 Å². The van der Waals surface area contributed by atoms with Crippen LogP contribution in [0, 0.1) is 0 Å². The van der Waals surface area contributed by atoms with Crippen molar-refractivity contribution in [2.45, 2.75) is 4.90 Å². The second-order valence-electron chi connectivity index (χ2n) is 5.28. The fourth-order valence-corrected chi connectivity index (χ4v) is 2.89. The average molecular weight is 472 g/mol. The summed E-state index contributed by atoms with van der Waals surface area (Å²) in [7, 11) is 1.77. The number of nitrogens with zero attached hydrogens (tertiary/aromatic N) is 4. The van der Waals surface area contributed by atoms with E-state index in [0.717, 1.165) is 5.69 Å². The minimum atomic E-state index is -0.343. The van der Waals surface area contributed by atoms with E-state index in [1.807, 2.05) is 0 Å². The van der Waals surface area contributed by atoms with Crippen LogP contribution < -0.4 is 10.4 Å². The normalized spacial score (nSPS) is 10.8. The van der Waals surface area contributed by atoms with Gasteiger partial charge in [0, 0.05) is 51.1 Å². The van der Waals surface area contributed by atoms with Gasteiger partial charge in [-0.1, -0.05) is 16.9 Å². The molecule has 0 aliphatic heterocycles. The number of azo groups is 1. The zero-order chi connectivity index (χ0) is 19.2. The van der Waals surface area contributed by atoms with Gasteiger partial charge < -0.3 is 21.1 Å². The van der Waals surface area contributed by atoms with Crippen LogP contribution in [0.1, 0.15) is 0 Å². The SMILES string of the molecule is CNc1ccc2c([O-])c(N=Nc3ccc(N=[N-])cc3)c(SOOO)cc2c1.[Y]. The number of benzene rings is 3. The maximum atomic E-state index is 12.8. The Bertz CT molecular complexity index is 1000. The maximum Gasteiger partial charge on any atom is 0.0945 e. The van der Waals surface area contributed by atoms with Crippen molar-refractivity contribution >= 4 is 45.6 Å². The first-order chi connectivity index (χ1) is 13.2. The number of hydrogen-bond donors (Lipinski definition) is 2. The molecule has 0 aliphatic carbocycles. The number of hydrogen-bond acceptors (Lipinski definition) is 9. The van der Waals surface area contributed by atoms with Gasteiger partial charge in [-0.3, -0.25) is 0 Å². The van der Waals surface area contributed by atoms with Gasteiger partial charge in [0.2, 0.25) is 0 Å². The van der Waals surface area contributed by atoms with Crippen LogP contribution in [0.15, 0.2) is 68.8 Å². The van der Waals surface area contributed by atoms with E-state index in [4.69, 9.17) is 10.8 Å². The van der Waals surface area contributed by atoms with Gasteiger partial charge in [0.05, 0.1) is 28.3 Å². The Balaban J connectivity index is 0.00000280. The molecule has 0 spiro atoms. The van der Waals surface area contributed by atoms with E-state index < -0.39 is 0 Å². The second kappa shape index (κ2) is 10.6. The van der Waals surface area contributed by atoms with Gasteiger partial charge in [-0.15, -0.1) is 9.45 Å². The molecule has 141 valence electrons. The Labute approximate surface area is 189 Å². The zero-order valence-corrected chi connectivity index (χ0v) is 18.2. The van der Waals surface area contributed by atoms with E-state index >= 15 is 0 Å². The number of fused-ring (bicyclic) bond motifs is 1. The van der Waals surface area contributed by atoms with Gasteiger partial charge in [-0.2, -0.15) is 5.11 Å². The molecule has 0 aromatic heterocycles. The molecule has 0 atom stereocenters. The summed E-state index contributed by atoms with van der Waals surface area (Å²) in [6.45, 7) is 0. The molecule has 0 aliphatic rings. The van der Waals surface area contributed by atoms with E-state index in [1.54, 1.807) is 55.6 Å². The number of rotatable bonds is 7. The molecule has 11 heteroatoms. The van der Waals surface area contributed by atoms with Crippen LogP contribution in [-0.4, -0.2) is 12.3 Å². The summed E-state index contributed by atoms with van der Waals surface area (Å²) < 4.78 is 4.48. The largest absolute Gasteiger partial charge is 0.871 e. The summed E-state index contributed by atoms with van der Waals surface area (Å²) in [5.74, 6) is -0.343. The molecule has 0 saturated carbocycles. The molecular weight excluding hydrogens is 459 g/mol. The third-order valence-electron chi connectivity index (χ3n) is 3.70. The topological polar surface area (TPSA) is 133 Å². The van der Waals surface area contributed by atoms with Crippen molar-refractivity contribution < 1.29 is 52.4 Å². The average Bonchev–Trinajstić information content (AvgIpc) is 2.71. The van der Waals surface area contributed by atoms with Crippen LogP contribution in [0.2, 0.25) is 0 Å². The smallest absolute Gasteiger partial charge is 0.0945 e. The summed E-state index contributed by atoms with van der Waals surface area (Å²) >= 11 is 0.636. The molecule has 9 nitrogen and oxygen atoms in total. The van der Waals surface area contributed by atoms with E-state index in [2.05, 4.69) is 30.0 Å². The number of nitrogens with one attached hydrogen (secondary N) is 1. The molecule has 2 N–H and O–H groups in total. The van der Waals surface area contributed by atoms with Crippen molar-refractivity contribution in [2.75, 3.05) is 12.4 Å². The van der Waals surface area contributed by atoms with E-state index in [-0.39, 0.29) is 44.1 Å². The summed E-state index contributed by atoms with van der Waals surface area (Å²) in [6, 6.07) is 13.2. The molecule has 3 aromatic rings. The van der Waals surface area contributed by atoms with Crippen LogP contribution in [0.25, 0.3) is 16.3 Å². The van der Waals surface area contributed by atoms with E-state index in [9.17, 15) is 5.11 Å². The quantitative estimate of drug-likeness (QED) is 0.203. The molecule has 0 unspecified atom stereocenters. The molecule has 1 radical (unpaired) electrons. The summed E-state index contributed by atoms with van der Waals surface area (Å²) in [5.41, 5.74) is 10.4. The summed E-state index contributed by atoms with van der Waals surface area (Å²) in [5, 5.41) is 40.2. The van der Waals surface area contributed by atoms with Crippen molar-refractivity contribution in [3.05, 3.63) is 54.1 Å². The third-order valence-corrected chi connectivity index (χ3v) is 4.32. The van der Waals surface area contributed by atoms with Crippen molar-refractivity contribution in [3.63, 3.8) is 0 Å². The molecular formula is C17H13N5O4SY-2. The van der Waals surface area contributed by atoms with Gasteiger partial charge in [0.25, 0.3) is 0 Å². The molecule has 3 aromatic carbocycles. The fraction of sp³-hybridized carbons (Fsp3) is 0.0588. The predicted octanol–water partition coefficient (Wildman–Crippen LogP) is 5.45. The van der Waals surface area contributed by atoms with Gasteiger partial charge >= 0.3 is 0 Å². The molecule has 0 fully saturated rings. The predicted molar refractivity (Wildman–Crippen MR) is 99.7 cm³/mol. The zero-order valence-electron chi connectivity index (χ0n) is 14.6. The van der Waals surface area contributed by atoms with Crippen molar-refractivity contribution in [1.82, 2.24) is 0 Å². The van der Waals surface area contributed by atoms with Gasteiger partial charge in [-0.05, 0) is 53.2 Å². The van der Waals surface area contributed by atoms with Gasteiger partial charge in [0.1, 0.15) is 0 Å². The Hall–Kier alpha value is -1.95. The Morgan fingerprint density at radius 3 is 2.43 bits per heavy atom. The van der Waals surface area contributed by atoms with Crippen molar-refractivity contribution in [1.29, 1.82) is 0 Å².